The Morgan fingerprint density at radius 2 is 1.16 bits per heavy atom. The predicted molar refractivity (Wildman–Crippen MR) is 140 cm³/mol. The van der Waals surface area contributed by atoms with E-state index in [9.17, 15) is 4.39 Å². The summed E-state index contributed by atoms with van der Waals surface area (Å²) in [6.07, 6.45) is 2.97. The molecule has 0 amide bonds. The van der Waals surface area contributed by atoms with Crippen LogP contribution < -0.4 is 9.47 Å². The van der Waals surface area contributed by atoms with Crippen LogP contribution in [0.3, 0.4) is 0 Å². The number of rotatable bonds is 2. The van der Waals surface area contributed by atoms with Crippen LogP contribution in [0.2, 0.25) is 0 Å². The van der Waals surface area contributed by atoms with Gasteiger partial charge in [0, 0.05) is 0 Å². The molecule has 0 atom stereocenters. The van der Waals surface area contributed by atoms with Gasteiger partial charge in [0.05, 0.1) is 14.2 Å². The molecular formula is C29H45FO2. The van der Waals surface area contributed by atoms with Crippen LogP contribution in [0.5, 0.6) is 11.5 Å². The van der Waals surface area contributed by atoms with Gasteiger partial charge in [-0.25, -0.2) is 4.39 Å². The fourth-order valence-electron chi connectivity index (χ4n) is 2.04. The van der Waals surface area contributed by atoms with Gasteiger partial charge in [-0.15, -0.1) is 0 Å². The molecule has 3 aromatic carbocycles. The van der Waals surface area contributed by atoms with Crippen molar-refractivity contribution in [2.24, 2.45) is 5.92 Å². The van der Waals surface area contributed by atoms with E-state index in [1.165, 1.54) is 30.5 Å². The maximum absolute atomic E-state index is 12.1. The smallest absolute Gasteiger partial charge is 0.123 e. The summed E-state index contributed by atoms with van der Waals surface area (Å²) in [5, 5.41) is 0. The SMILES string of the molecule is C.C.C.CC1CC1.COc1ccccc1.COc1ccccc1C.Cc1ccc(F)cc1. The van der Waals surface area contributed by atoms with Crippen molar-refractivity contribution in [3.63, 3.8) is 0 Å². The van der Waals surface area contributed by atoms with Gasteiger partial charge in [-0.2, -0.15) is 0 Å². The van der Waals surface area contributed by atoms with Gasteiger partial charge in [0.25, 0.3) is 0 Å². The van der Waals surface area contributed by atoms with Gasteiger partial charge < -0.3 is 9.47 Å². The lowest BCUT2D eigenvalue weighted by atomic mass is 10.2. The number of para-hydroxylation sites is 2. The molecule has 4 rings (SSSR count). The molecule has 0 spiro atoms. The summed E-state index contributed by atoms with van der Waals surface area (Å²) in [4.78, 5) is 0. The lowest BCUT2D eigenvalue weighted by molar-refractivity contribution is 0.411. The first-order valence-corrected chi connectivity index (χ1v) is 9.87. The molecule has 0 aromatic heterocycles. The summed E-state index contributed by atoms with van der Waals surface area (Å²) in [6.45, 7) is 6.23. The molecule has 2 nitrogen and oxygen atoms in total. The van der Waals surface area contributed by atoms with Crippen LogP contribution in [0, 0.1) is 25.6 Å². The van der Waals surface area contributed by atoms with Crippen molar-refractivity contribution >= 4 is 0 Å². The number of methoxy groups -OCH3 is 2. The number of hydrogen-bond donors (Lipinski definition) is 0. The summed E-state index contributed by atoms with van der Waals surface area (Å²) in [5.41, 5.74) is 2.27. The second-order valence-corrected chi connectivity index (χ2v) is 6.96. The van der Waals surface area contributed by atoms with Gasteiger partial charge in [0.15, 0.2) is 0 Å². The first kappa shape index (κ1) is 33.8. The summed E-state index contributed by atoms with van der Waals surface area (Å²) in [7, 11) is 3.34. The highest BCUT2D eigenvalue weighted by molar-refractivity contribution is 5.31. The van der Waals surface area contributed by atoms with Crippen molar-refractivity contribution in [2.75, 3.05) is 14.2 Å². The van der Waals surface area contributed by atoms with Gasteiger partial charge in [0.1, 0.15) is 17.3 Å². The van der Waals surface area contributed by atoms with Gasteiger partial charge in [-0.3, -0.25) is 0 Å². The minimum atomic E-state index is -0.171. The minimum absolute atomic E-state index is 0. The molecule has 0 N–H and O–H groups in total. The Morgan fingerprint density at radius 1 is 0.688 bits per heavy atom. The molecule has 1 aliphatic carbocycles. The lowest BCUT2D eigenvalue weighted by Crippen LogP contribution is -1.84. The third-order valence-electron chi connectivity index (χ3n) is 4.17. The molecule has 3 heteroatoms. The Labute approximate surface area is 197 Å². The Balaban J connectivity index is -0.000000348. The molecule has 3 aromatic rings. The molecule has 0 saturated heterocycles. The molecular weight excluding hydrogens is 399 g/mol. The highest BCUT2D eigenvalue weighted by Gasteiger charge is 2.12. The third-order valence-corrected chi connectivity index (χ3v) is 4.17. The average Bonchev–Trinajstić information content (AvgIpc) is 3.54. The normalized spacial score (nSPS) is 10.3. The van der Waals surface area contributed by atoms with Crippen LogP contribution in [-0.4, -0.2) is 14.2 Å². The van der Waals surface area contributed by atoms with Crippen LogP contribution in [0.4, 0.5) is 4.39 Å². The molecule has 0 unspecified atom stereocenters. The Morgan fingerprint density at radius 3 is 1.47 bits per heavy atom. The van der Waals surface area contributed by atoms with E-state index >= 15 is 0 Å². The molecule has 180 valence electrons. The number of benzene rings is 3. The van der Waals surface area contributed by atoms with Crippen LogP contribution in [0.25, 0.3) is 0 Å². The zero-order valence-corrected chi connectivity index (χ0v) is 18.2. The summed E-state index contributed by atoms with van der Waals surface area (Å²) < 4.78 is 22.0. The van der Waals surface area contributed by atoms with Crippen molar-refractivity contribution in [1.29, 1.82) is 0 Å². The molecule has 1 aliphatic rings. The van der Waals surface area contributed by atoms with E-state index in [1.54, 1.807) is 26.4 Å². The average molecular weight is 445 g/mol. The van der Waals surface area contributed by atoms with Gasteiger partial charge >= 0.3 is 0 Å². The zero-order valence-electron chi connectivity index (χ0n) is 18.2. The monoisotopic (exact) mass is 444 g/mol. The molecule has 1 saturated carbocycles. The molecule has 0 aliphatic heterocycles. The highest BCUT2D eigenvalue weighted by atomic mass is 19.1. The molecule has 32 heavy (non-hydrogen) atoms. The lowest BCUT2D eigenvalue weighted by Gasteiger charge is -2.00. The standard InChI is InChI=1S/C8H10O.C7H7F.C7H8O.C4H8.3CH4/c1-7-5-3-4-6-8(7)9-2;1-6-2-4-7(8)5-3-6;1-8-7-5-3-2-4-6-7;1-4-2-3-4;;;/h3-6H,1-2H3;2-5H,1H3;2-6H,1H3;4H,2-3H2,1H3;3*1H4. The Kier molecular flexibility index (Phi) is 21.3. The number of aryl methyl sites for hydroxylation is 2. The fraction of sp³-hybridized carbons (Fsp3) is 0.379. The van der Waals surface area contributed by atoms with E-state index in [1.807, 2.05) is 68.4 Å². The van der Waals surface area contributed by atoms with E-state index < -0.39 is 0 Å². The molecule has 0 radical (unpaired) electrons. The van der Waals surface area contributed by atoms with E-state index in [4.69, 9.17) is 9.47 Å². The number of halogens is 1. The van der Waals surface area contributed by atoms with Gasteiger partial charge in [0.2, 0.25) is 0 Å². The second-order valence-electron chi connectivity index (χ2n) is 6.96. The van der Waals surface area contributed by atoms with Crippen LogP contribution in [-0.2, 0) is 0 Å². The number of ether oxygens (including phenoxy) is 2. The highest BCUT2D eigenvalue weighted by Crippen LogP contribution is 2.26. The quantitative estimate of drug-likeness (QED) is 0.392. The summed E-state index contributed by atoms with van der Waals surface area (Å²) >= 11 is 0. The zero-order chi connectivity index (χ0) is 21.5. The van der Waals surface area contributed by atoms with E-state index in [-0.39, 0.29) is 28.1 Å². The van der Waals surface area contributed by atoms with Crippen molar-refractivity contribution in [1.82, 2.24) is 0 Å². The van der Waals surface area contributed by atoms with E-state index in [2.05, 4.69) is 6.92 Å². The first-order valence-electron chi connectivity index (χ1n) is 9.87. The summed E-state index contributed by atoms with van der Waals surface area (Å²) in [6, 6.07) is 24.0. The second kappa shape index (κ2) is 20.1. The van der Waals surface area contributed by atoms with Crippen LogP contribution >= 0.6 is 0 Å². The fourth-order valence-corrected chi connectivity index (χ4v) is 2.04. The predicted octanol–water partition coefficient (Wildman–Crippen LogP) is 9.16. The van der Waals surface area contributed by atoms with Gasteiger partial charge in [-0.1, -0.05) is 96.1 Å². The molecule has 1 fully saturated rings. The topological polar surface area (TPSA) is 18.5 Å². The van der Waals surface area contributed by atoms with Crippen LogP contribution in [0.15, 0.2) is 78.9 Å². The molecule has 0 heterocycles. The van der Waals surface area contributed by atoms with Crippen molar-refractivity contribution in [3.8, 4) is 11.5 Å². The third kappa shape index (κ3) is 16.9. The Hall–Kier alpha value is -2.81. The number of hydrogen-bond acceptors (Lipinski definition) is 2. The van der Waals surface area contributed by atoms with E-state index in [0.717, 1.165) is 23.0 Å². The Bertz CT molecular complexity index is 761. The van der Waals surface area contributed by atoms with Gasteiger partial charge in [-0.05, 0) is 55.7 Å². The minimum Gasteiger partial charge on any atom is -0.497 e. The van der Waals surface area contributed by atoms with Crippen molar-refractivity contribution < 1.29 is 13.9 Å². The van der Waals surface area contributed by atoms with Crippen molar-refractivity contribution in [3.05, 3.63) is 95.8 Å². The molecule has 0 bridgehead atoms. The maximum atomic E-state index is 12.1. The van der Waals surface area contributed by atoms with Crippen molar-refractivity contribution in [2.45, 2.75) is 55.9 Å². The van der Waals surface area contributed by atoms with Crippen LogP contribution in [0.1, 0.15) is 53.2 Å². The first-order chi connectivity index (χ1) is 14.0. The summed E-state index contributed by atoms with van der Waals surface area (Å²) in [5.74, 6) is 2.78. The van der Waals surface area contributed by atoms with E-state index in [0.29, 0.717) is 0 Å². The maximum Gasteiger partial charge on any atom is 0.123 e. The largest absolute Gasteiger partial charge is 0.497 e.